The largest absolute Gasteiger partial charge is 0.480 e. The van der Waals surface area contributed by atoms with Gasteiger partial charge in [-0.2, -0.15) is 0 Å². The number of carboxylic acids is 1. The molecule has 0 unspecified atom stereocenters. The summed E-state index contributed by atoms with van der Waals surface area (Å²) in [4.78, 5) is 24.1. The van der Waals surface area contributed by atoms with E-state index in [1.165, 1.54) is 4.90 Å². The summed E-state index contributed by atoms with van der Waals surface area (Å²) in [6.07, 6.45) is 4.91. The van der Waals surface area contributed by atoms with Crippen LogP contribution < -0.4 is 0 Å². The second-order valence-electron chi connectivity index (χ2n) is 4.04. The summed E-state index contributed by atoms with van der Waals surface area (Å²) in [7, 11) is 0. The third kappa shape index (κ3) is 3.22. The van der Waals surface area contributed by atoms with E-state index in [1.807, 2.05) is 0 Å². The van der Waals surface area contributed by atoms with Gasteiger partial charge >= 0.3 is 5.97 Å². The van der Waals surface area contributed by atoms with Crippen molar-refractivity contribution in [3.8, 4) is 0 Å². The minimum atomic E-state index is -0.864. The molecule has 0 radical (unpaired) electrons. The lowest BCUT2D eigenvalue weighted by atomic mass is 10.1. The van der Waals surface area contributed by atoms with E-state index < -0.39 is 12.0 Å². The second kappa shape index (κ2) is 5.73. The number of unbranched alkanes of at least 4 members (excludes halogenated alkanes) is 2. The van der Waals surface area contributed by atoms with Gasteiger partial charge in [0.25, 0.3) is 0 Å². The first-order chi connectivity index (χ1) is 7.16. The van der Waals surface area contributed by atoms with Gasteiger partial charge in [-0.05, 0) is 19.3 Å². The molecule has 0 spiro atoms. The number of likely N-dealkylation sites (tertiary alicyclic amines) is 1. The molecule has 1 amide bonds. The van der Waals surface area contributed by atoms with E-state index >= 15 is 0 Å². The molecule has 0 aliphatic carbocycles. The summed E-state index contributed by atoms with van der Waals surface area (Å²) in [5.41, 5.74) is 0. The van der Waals surface area contributed by atoms with Crippen LogP contribution in [0.1, 0.15) is 45.4 Å². The Morgan fingerprint density at radius 3 is 2.73 bits per heavy atom. The fourth-order valence-electron chi connectivity index (χ4n) is 1.99. The van der Waals surface area contributed by atoms with Gasteiger partial charge in [-0.15, -0.1) is 0 Å². The normalized spacial score (nSPS) is 20.6. The number of rotatable bonds is 5. The number of carbonyl (C=O) groups excluding carboxylic acids is 1. The molecule has 1 aliphatic rings. The predicted molar refractivity (Wildman–Crippen MR) is 56.5 cm³/mol. The first-order valence-corrected chi connectivity index (χ1v) is 5.69. The van der Waals surface area contributed by atoms with Crippen LogP contribution in [0.15, 0.2) is 0 Å². The van der Waals surface area contributed by atoms with E-state index in [0.29, 0.717) is 19.4 Å². The Labute approximate surface area is 90.3 Å². The van der Waals surface area contributed by atoms with E-state index in [9.17, 15) is 9.59 Å². The molecule has 4 heteroatoms. The van der Waals surface area contributed by atoms with Gasteiger partial charge in [0.2, 0.25) is 5.91 Å². The lowest BCUT2D eigenvalue weighted by Gasteiger charge is -2.21. The summed E-state index contributed by atoms with van der Waals surface area (Å²) < 4.78 is 0. The molecule has 1 heterocycles. The molecule has 0 aromatic heterocycles. The summed E-state index contributed by atoms with van der Waals surface area (Å²) in [5, 5.41) is 8.91. The molecule has 1 atom stereocenters. The van der Waals surface area contributed by atoms with Crippen LogP contribution in [0.2, 0.25) is 0 Å². The molecule has 4 nitrogen and oxygen atoms in total. The minimum absolute atomic E-state index is 0.00773. The Balaban J connectivity index is 2.40. The molecule has 15 heavy (non-hydrogen) atoms. The lowest BCUT2D eigenvalue weighted by Crippen LogP contribution is -2.40. The number of carboxylic acid groups (broad SMARTS) is 1. The zero-order valence-electron chi connectivity index (χ0n) is 9.24. The molecule has 0 aromatic carbocycles. The maximum Gasteiger partial charge on any atom is 0.326 e. The van der Waals surface area contributed by atoms with Gasteiger partial charge in [0, 0.05) is 13.0 Å². The van der Waals surface area contributed by atoms with Crippen molar-refractivity contribution in [2.45, 2.75) is 51.5 Å². The zero-order valence-corrected chi connectivity index (χ0v) is 9.24. The Bertz CT molecular complexity index is 240. The first-order valence-electron chi connectivity index (χ1n) is 5.69. The number of hydrogen-bond acceptors (Lipinski definition) is 2. The van der Waals surface area contributed by atoms with E-state index in [4.69, 9.17) is 5.11 Å². The number of hydrogen-bond donors (Lipinski definition) is 1. The second-order valence-corrected chi connectivity index (χ2v) is 4.04. The minimum Gasteiger partial charge on any atom is -0.480 e. The van der Waals surface area contributed by atoms with Crippen LogP contribution in [0.3, 0.4) is 0 Å². The van der Waals surface area contributed by atoms with Crippen molar-refractivity contribution in [2.24, 2.45) is 0 Å². The molecule has 1 aliphatic heterocycles. The van der Waals surface area contributed by atoms with Crippen molar-refractivity contribution in [1.29, 1.82) is 0 Å². The number of aliphatic carboxylic acids is 1. The zero-order chi connectivity index (χ0) is 11.3. The van der Waals surface area contributed by atoms with Gasteiger partial charge in [0.1, 0.15) is 6.04 Å². The van der Waals surface area contributed by atoms with Gasteiger partial charge in [0.05, 0.1) is 0 Å². The highest BCUT2D eigenvalue weighted by atomic mass is 16.4. The highest BCUT2D eigenvalue weighted by molar-refractivity contribution is 5.84. The Morgan fingerprint density at radius 2 is 2.13 bits per heavy atom. The van der Waals surface area contributed by atoms with Crippen molar-refractivity contribution in [2.75, 3.05) is 6.54 Å². The predicted octanol–water partition coefficient (Wildman–Crippen LogP) is 1.64. The molecular formula is C11H19NO3. The third-order valence-electron chi connectivity index (χ3n) is 2.85. The standard InChI is InChI=1S/C11H19NO3/c1-2-3-4-7-10(13)12-8-5-6-9(12)11(14)15/h9H,2-8H2,1H3,(H,14,15)/t9-/m0/s1. The van der Waals surface area contributed by atoms with Crippen LogP contribution in [0.25, 0.3) is 0 Å². The molecule has 1 N–H and O–H groups in total. The maximum atomic E-state index is 11.7. The van der Waals surface area contributed by atoms with Crippen LogP contribution >= 0.6 is 0 Å². The molecule has 1 saturated heterocycles. The number of amides is 1. The van der Waals surface area contributed by atoms with Crippen LogP contribution in [-0.2, 0) is 9.59 Å². The summed E-state index contributed by atoms with van der Waals surface area (Å²) in [6.45, 7) is 2.70. The van der Waals surface area contributed by atoms with E-state index in [0.717, 1.165) is 25.7 Å². The van der Waals surface area contributed by atoms with Gasteiger partial charge in [-0.3, -0.25) is 4.79 Å². The highest BCUT2D eigenvalue weighted by Crippen LogP contribution is 2.19. The topological polar surface area (TPSA) is 57.6 Å². The molecule has 1 fully saturated rings. The summed E-state index contributed by atoms with van der Waals surface area (Å²) in [5.74, 6) is -0.857. The molecule has 86 valence electrons. The average Bonchev–Trinajstić information content (AvgIpc) is 2.66. The lowest BCUT2D eigenvalue weighted by molar-refractivity contribution is -0.148. The van der Waals surface area contributed by atoms with Gasteiger partial charge < -0.3 is 10.0 Å². The van der Waals surface area contributed by atoms with Crippen molar-refractivity contribution in [3.63, 3.8) is 0 Å². The molecule has 0 bridgehead atoms. The monoisotopic (exact) mass is 213 g/mol. The first kappa shape index (κ1) is 12.0. The smallest absolute Gasteiger partial charge is 0.326 e. The van der Waals surface area contributed by atoms with Crippen LogP contribution in [0.4, 0.5) is 0 Å². The molecule has 1 rings (SSSR count). The average molecular weight is 213 g/mol. The van der Waals surface area contributed by atoms with Crippen molar-refractivity contribution < 1.29 is 14.7 Å². The highest BCUT2D eigenvalue weighted by Gasteiger charge is 2.33. The fraction of sp³-hybridized carbons (Fsp3) is 0.818. The SMILES string of the molecule is CCCCCC(=O)N1CCC[C@H]1C(=O)O. The third-order valence-corrected chi connectivity index (χ3v) is 2.85. The van der Waals surface area contributed by atoms with Gasteiger partial charge in [-0.25, -0.2) is 4.79 Å². The summed E-state index contributed by atoms with van der Waals surface area (Å²) in [6, 6.07) is -0.570. The van der Waals surface area contributed by atoms with Crippen LogP contribution in [0, 0.1) is 0 Å². The quantitative estimate of drug-likeness (QED) is 0.706. The van der Waals surface area contributed by atoms with E-state index in [2.05, 4.69) is 6.92 Å². The number of carbonyl (C=O) groups is 2. The Kier molecular flexibility index (Phi) is 4.59. The van der Waals surface area contributed by atoms with E-state index in [1.54, 1.807) is 0 Å². The maximum absolute atomic E-state index is 11.7. The molecular weight excluding hydrogens is 194 g/mol. The molecule has 0 aromatic rings. The Hall–Kier alpha value is -1.06. The van der Waals surface area contributed by atoms with Gasteiger partial charge in [0.15, 0.2) is 0 Å². The summed E-state index contributed by atoms with van der Waals surface area (Å²) >= 11 is 0. The van der Waals surface area contributed by atoms with Gasteiger partial charge in [-0.1, -0.05) is 19.8 Å². The van der Waals surface area contributed by atoms with E-state index in [-0.39, 0.29) is 5.91 Å². The van der Waals surface area contributed by atoms with Crippen LogP contribution in [-0.4, -0.2) is 34.5 Å². The molecule has 0 saturated carbocycles. The van der Waals surface area contributed by atoms with Crippen molar-refractivity contribution >= 4 is 11.9 Å². The van der Waals surface area contributed by atoms with Crippen molar-refractivity contribution in [1.82, 2.24) is 4.90 Å². The fourth-order valence-corrected chi connectivity index (χ4v) is 1.99. The van der Waals surface area contributed by atoms with Crippen molar-refractivity contribution in [3.05, 3.63) is 0 Å². The van der Waals surface area contributed by atoms with Crippen LogP contribution in [0.5, 0.6) is 0 Å². The Morgan fingerprint density at radius 1 is 1.40 bits per heavy atom. The number of nitrogens with zero attached hydrogens (tertiary/aromatic N) is 1.